The Balaban J connectivity index is 3.65. The van der Waals surface area contributed by atoms with Crippen molar-refractivity contribution in [2.24, 2.45) is 0 Å². The number of benzene rings is 1. The summed E-state index contributed by atoms with van der Waals surface area (Å²) in [6, 6.07) is 4.67. The van der Waals surface area contributed by atoms with Crippen LogP contribution in [-0.4, -0.2) is 27.8 Å². The van der Waals surface area contributed by atoms with Crippen molar-refractivity contribution in [2.45, 2.75) is 37.5 Å². The third kappa shape index (κ3) is 3.82. The standard InChI is InChI=1S/C15H19NO4S/c1-5-6-10(2)12-7-11(9-16)13(15(17)20-3)8-14(12)21(4,18)19/h7-8,10H,5-6H2,1-4H3. The lowest BCUT2D eigenvalue weighted by molar-refractivity contribution is 0.0600. The average molecular weight is 309 g/mol. The quantitative estimate of drug-likeness (QED) is 0.781. The Morgan fingerprint density at radius 2 is 2.05 bits per heavy atom. The van der Waals surface area contributed by atoms with E-state index in [1.54, 1.807) is 0 Å². The van der Waals surface area contributed by atoms with E-state index in [9.17, 15) is 18.5 Å². The van der Waals surface area contributed by atoms with Gasteiger partial charge in [0.25, 0.3) is 0 Å². The van der Waals surface area contributed by atoms with Gasteiger partial charge in [0, 0.05) is 6.26 Å². The van der Waals surface area contributed by atoms with Crippen molar-refractivity contribution in [2.75, 3.05) is 13.4 Å². The zero-order chi connectivity index (χ0) is 16.2. The van der Waals surface area contributed by atoms with Gasteiger partial charge in [-0.1, -0.05) is 20.3 Å². The molecule has 1 atom stereocenters. The van der Waals surface area contributed by atoms with Crippen LogP contribution in [0.5, 0.6) is 0 Å². The molecule has 0 amide bonds. The summed E-state index contributed by atoms with van der Waals surface area (Å²) >= 11 is 0. The molecule has 114 valence electrons. The number of sulfone groups is 1. The van der Waals surface area contributed by atoms with Crippen molar-refractivity contribution in [1.82, 2.24) is 0 Å². The molecule has 6 heteroatoms. The Bertz CT molecular complexity index is 686. The highest BCUT2D eigenvalue weighted by molar-refractivity contribution is 7.90. The van der Waals surface area contributed by atoms with Crippen molar-refractivity contribution >= 4 is 15.8 Å². The van der Waals surface area contributed by atoms with Crippen LogP contribution in [0.2, 0.25) is 0 Å². The number of carbonyl (C=O) groups is 1. The summed E-state index contributed by atoms with van der Waals surface area (Å²) in [5.41, 5.74) is 0.684. The minimum Gasteiger partial charge on any atom is -0.465 e. The van der Waals surface area contributed by atoms with E-state index >= 15 is 0 Å². The molecule has 0 radical (unpaired) electrons. The summed E-state index contributed by atoms with van der Waals surface area (Å²) in [6.45, 7) is 3.91. The number of rotatable bonds is 5. The Hall–Kier alpha value is -1.87. The van der Waals surface area contributed by atoms with Gasteiger partial charge in [0.15, 0.2) is 9.84 Å². The summed E-state index contributed by atoms with van der Waals surface area (Å²) in [6.07, 6.45) is 2.79. The summed E-state index contributed by atoms with van der Waals surface area (Å²) in [7, 11) is -2.31. The van der Waals surface area contributed by atoms with Gasteiger partial charge in [-0.3, -0.25) is 0 Å². The van der Waals surface area contributed by atoms with E-state index in [4.69, 9.17) is 0 Å². The number of nitriles is 1. The molecule has 0 spiro atoms. The van der Waals surface area contributed by atoms with Gasteiger partial charge in [-0.15, -0.1) is 0 Å². The smallest absolute Gasteiger partial charge is 0.339 e. The minimum absolute atomic E-state index is 0.0153. The van der Waals surface area contributed by atoms with Crippen molar-refractivity contribution < 1.29 is 17.9 Å². The van der Waals surface area contributed by atoms with Gasteiger partial charge in [0.2, 0.25) is 0 Å². The SMILES string of the molecule is CCCC(C)c1cc(C#N)c(C(=O)OC)cc1S(C)(=O)=O. The Morgan fingerprint density at radius 3 is 2.48 bits per heavy atom. The van der Waals surface area contributed by atoms with Gasteiger partial charge in [0.1, 0.15) is 6.07 Å². The molecular formula is C15H19NO4S. The Morgan fingerprint density at radius 1 is 1.43 bits per heavy atom. The van der Waals surface area contributed by atoms with Gasteiger partial charge in [0.05, 0.1) is 23.1 Å². The predicted octanol–water partition coefficient (Wildman–Crippen LogP) is 2.65. The number of hydrogen-bond donors (Lipinski definition) is 0. The number of methoxy groups -OCH3 is 1. The van der Waals surface area contributed by atoms with E-state index in [1.165, 1.54) is 19.2 Å². The van der Waals surface area contributed by atoms with Crippen LogP contribution in [0.1, 0.15) is 54.1 Å². The second-order valence-corrected chi connectivity index (χ2v) is 6.99. The van der Waals surface area contributed by atoms with Crippen molar-refractivity contribution in [3.8, 4) is 6.07 Å². The van der Waals surface area contributed by atoms with Crippen LogP contribution in [0.4, 0.5) is 0 Å². The van der Waals surface area contributed by atoms with E-state index < -0.39 is 15.8 Å². The molecule has 0 aromatic heterocycles. The van der Waals surface area contributed by atoms with Crippen LogP contribution < -0.4 is 0 Å². The van der Waals surface area contributed by atoms with Crippen LogP contribution in [0.3, 0.4) is 0 Å². The molecule has 0 saturated heterocycles. The van der Waals surface area contributed by atoms with Crippen LogP contribution in [0, 0.1) is 11.3 Å². The fraction of sp³-hybridized carbons (Fsp3) is 0.467. The van der Waals surface area contributed by atoms with Gasteiger partial charge in [-0.05, 0) is 30.0 Å². The highest BCUT2D eigenvalue weighted by atomic mass is 32.2. The second-order valence-electron chi connectivity index (χ2n) is 5.00. The summed E-state index contributed by atoms with van der Waals surface area (Å²) < 4.78 is 28.6. The predicted molar refractivity (Wildman–Crippen MR) is 78.9 cm³/mol. The van der Waals surface area contributed by atoms with Gasteiger partial charge in [-0.2, -0.15) is 5.26 Å². The molecule has 5 nitrogen and oxygen atoms in total. The number of esters is 1. The summed E-state index contributed by atoms with van der Waals surface area (Å²) in [5.74, 6) is -0.732. The molecule has 0 aliphatic heterocycles. The lowest BCUT2D eigenvalue weighted by Crippen LogP contribution is -2.11. The van der Waals surface area contributed by atoms with Crippen LogP contribution in [0.25, 0.3) is 0 Å². The normalized spacial score (nSPS) is 12.5. The summed E-state index contributed by atoms with van der Waals surface area (Å²) in [4.78, 5) is 11.8. The van der Waals surface area contributed by atoms with Crippen molar-refractivity contribution in [1.29, 1.82) is 5.26 Å². The molecule has 1 unspecified atom stereocenters. The maximum atomic E-state index is 12.0. The molecule has 1 rings (SSSR count). The number of nitrogens with zero attached hydrogens (tertiary/aromatic N) is 1. The zero-order valence-electron chi connectivity index (χ0n) is 12.6. The lowest BCUT2D eigenvalue weighted by atomic mass is 9.93. The molecule has 0 saturated carbocycles. The first kappa shape index (κ1) is 17.2. The molecule has 0 N–H and O–H groups in total. The molecule has 0 aliphatic carbocycles. The Kier molecular flexibility index (Phi) is 5.50. The molecule has 0 aliphatic rings. The molecule has 0 fully saturated rings. The third-order valence-corrected chi connectivity index (χ3v) is 4.48. The van der Waals surface area contributed by atoms with Crippen molar-refractivity contribution in [3.63, 3.8) is 0 Å². The zero-order valence-corrected chi connectivity index (χ0v) is 13.5. The summed E-state index contributed by atoms with van der Waals surface area (Å²) in [5, 5.41) is 9.19. The van der Waals surface area contributed by atoms with E-state index in [2.05, 4.69) is 4.74 Å². The Labute approximate surface area is 125 Å². The fourth-order valence-corrected chi connectivity index (χ4v) is 3.28. The number of carbonyl (C=O) groups excluding carboxylic acids is 1. The van der Waals surface area contributed by atoms with E-state index in [-0.39, 0.29) is 21.9 Å². The van der Waals surface area contributed by atoms with Crippen LogP contribution in [0.15, 0.2) is 17.0 Å². The highest BCUT2D eigenvalue weighted by Crippen LogP contribution is 2.30. The number of ether oxygens (including phenoxy) is 1. The molecule has 0 bridgehead atoms. The molecule has 1 aromatic rings. The van der Waals surface area contributed by atoms with Gasteiger partial charge >= 0.3 is 5.97 Å². The molecule has 1 aromatic carbocycles. The monoisotopic (exact) mass is 309 g/mol. The number of hydrogen-bond acceptors (Lipinski definition) is 5. The van der Waals surface area contributed by atoms with Gasteiger partial charge < -0.3 is 4.74 Å². The van der Waals surface area contributed by atoms with Crippen LogP contribution in [-0.2, 0) is 14.6 Å². The molecule has 0 heterocycles. The first-order valence-corrected chi connectivity index (χ1v) is 8.51. The first-order valence-electron chi connectivity index (χ1n) is 6.62. The third-order valence-electron chi connectivity index (χ3n) is 3.33. The largest absolute Gasteiger partial charge is 0.465 e. The molecule has 21 heavy (non-hydrogen) atoms. The van der Waals surface area contributed by atoms with Crippen LogP contribution >= 0.6 is 0 Å². The first-order chi connectivity index (χ1) is 9.76. The second kappa shape index (κ2) is 6.72. The van der Waals surface area contributed by atoms with E-state index in [0.29, 0.717) is 5.56 Å². The van der Waals surface area contributed by atoms with Gasteiger partial charge in [-0.25, -0.2) is 13.2 Å². The highest BCUT2D eigenvalue weighted by Gasteiger charge is 2.23. The maximum absolute atomic E-state index is 12.0. The average Bonchev–Trinajstić information content (AvgIpc) is 2.44. The van der Waals surface area contributed by atoms with E-state index in [1.807, 2.05) is 19.9 Å². The lowest BCUT2D eigenvalue weighted by Gasteiger charge is -2.17. The topological polar surface area (TPSA) is 84.2 Å². The molecular weight excluding hydrogens is 290 g/mol. The maximum Gasteiger partial charge on any atom is 0.339 e. The fourth-order valence-electron chi connectivity index (χ4n) is 2.26. The van der Waals surface area contributed by atoms with Crippen molar-refractivity contribution in [3.05, 3.63) is 28.8 Å². The van der Waals surface area contributed by atoms with E-state index in [0.717, 1.165) is 19.1 Å². The minimum atomic E-state index is -3.50.